The van der Waals surface area contributed by atoms with Crippen LogP contribution in [0.5, 0.6) is 0 Å². The Hall–Kier alpha value is -2.42. The van der Waals surface area contributed by atoms with Crippen LogP contribution in [0.3, 0.4) is 0 Å². The molecule has 2 amide bonds. The maximum Gasteiger partial charge on any atom is 0.255 e. The first-order valence-electron chi connectivity index (χ1n) is 9.90. The minimum atomic E-state index is -0.223. The molecule has 0 aliphatic carbocycles. The van der Waals surface area contributed by atoms with Crippen LogP contribution in [0.2, 0.25) is 0 Å². The fraction of sp³-hybridized carbons (Fsp3) is 0.364. The number of benzene rings is 2. The van der Waals surface area contributed by atoms with E-state index in [1.807, 2.05) is 37.2 Å². The highest BCUT2D eigenvalue weighted by Gasteiger charge is 2.16. The normalized spacial score (nSPS) is 14.2. The number of morpholine rings is 1. The Morgan fingerprint density at radius 2 is 1.77 bits per heavy atom. The van der Waals surface area contributed by atoms with Crippen molar-refractivity contribution < 1.29 is 14.3 Å². The number of hydrogen-bond acceptors (Lipinski definition) is 5. The molecule has 0 bridgehead atoms. The van der Waals surface area contributed by atoms with E-state index < -0.39 is 0 Å². The summed E-state index contributed by atoms with van der Waals surface area (Å²) in [5, 5.41) is 5.87. The first kappa shape index (κ1) is 22.3. The molecule has 2 aromatic carbocycles. The summed E-state index contributed by atoms with van der Waals surface area (Å²) >= 11 is 3.36. The number of ether oxygens (including phenoxy) is 1. The molecule has 7 nitrogen and oxygen atoms in total. The number of carbonyl (C=O) groups is 2. The van der Waals surface area contributed by atoms with E-state index in [9.17, 15) is 9.59 Å². The second kappa shape index (κ2) is 10.6. The van der Waals surface area contributed by atoms with E-state index in [2.05, 4.69) is 31.5 Å². The molecule has 30 heavy (non-hydrogen) atoms. The Labute approximate surface area is 185 Å². The molecule has 0 radical (unpaired) electrons. The zero-order valence-corrected chi connectivity index (χ0v) is 18.9. The minimum absolute atomic E-state index is 0.160. The van der Waals surface area contributed by atoms with Gasteiger partial charge in [-0.05, 0) is 42.5 Å². The van der Waals surface area contributed by atoms with E-state index in [4.69, 9.17) is 4.74 Å². The minimum Gasteiger partial charge on any atom is -0.379 e. The molecule has 1 heterocycles. The van der Waals surface area contributed by atoms with Gasteiger partial charge in [-0.2, -0.15) is 0 Å². The number of hydrogen-bond donors (Lipinski definition) is 2. The highest BCUT2D eigenvalue weighted by Crippen LogP contribution is 2.23. The van der Waals surface area contributed by atoms with Crippen molar-refractivity contribution in [2.24, 2.45) is 0 Å². The zero-order chi connectivity index (χ0) is 21.5. The van der Waals surface area contributed by atoms with Crippen LogP contribution < -0.4 is 15.5 Å². The Bertz CT molecular complexity index is 880. The Morgan fingerprint density at radius 1 is 1.07 bits per heavy atom. The summed E-state index contributed by atoms with van der Waals surface area (Å²) in [6.45, 7) is 4.58. The highest BCUT2D eigenvalue weighted by atomic mass is 79.9. The van der Waals surface area contributed by atoms with Gasteiger partial charge in [-0.25, -0.2) is 0 Å². The lowest BCUT2D eigenvalue weighted by Gasteiger charge is -2.26. The topological polar surface area (TPSA) is 73.9 Å². The number of rotatable bonds is 7. The summed E-state index contributed by atoms with van der Waals surface area (Å²) in [5.74, 6) is -0.384. The van der Waals surface area contributed by atoms with Crippen LogP contribution in [-0.2, 0) is 4.74 Å². The van der Waals surface area contributed by atoms with Crippen molar-refractivity contribution in [1.29, 1.82) is 0 Å². The molecule has 2 N–H and O–H groups in total. The average molecular weight is 475 g/mol. The van der Waals surface area contributed by atoms with Gasteiger partial charge in [0.05, 0.1) is 18.8 Å². The van der Waals surface area contributed by atoms with E-state index in [-0.39, 0.29) is 11.8 Å². The van der Waals surface area contributed by atoms with Crippen LogP contribution >= 0.6 is 15.9 Å². The molecule has 1 saturated heterocycles. The van der Waals surface area contributed by atoms with Crippen LogP contribution in [0.1, 0.15) is 20.7 Å². The fourth-order valence-corrected chi connectivity index (χ4v) is 3.50. The van der Waals surface area contributed by atoms with Crippen LogP contribution in [0.4, 0.5) is 11.4 Å². The van der Waals surface area contributed by atoms with Gasteiger partial charge in [0.1, 0.15) is 0 Å². The molecule has 0 aromatic heterocycles. The van der Waals surface area contributed by atoms with E-state index in [0.29, 0.717) is 23.4 Å². The van der Waals surface area contributed by atoms with Gasteiger partial charge >= 0.3 is 0 Å². The van der Waals surface area contributed by atoms with Gasteiger partial charge in [-0.3, -0.25) is 14.5 Å². The highest BCUT2D eigenvalue weighted by molar-refractivity contribution is 9.10. The predicted octanol–water partition coefficient (Wildman–Crippen LogP) is 2.83. The van der Waals surface area contributed by atoms with Gasteiger partial charge in [-0.1, -0.05) is 15.9 Å². The Morgan fingerprint density at radius 3 is 2.43 bits per heavy atom. The van der Waals surface area contributed by atoms with Crippen molar-refractivity contribution in [3.8, 4) is 0 Å². The molecule has 2 aromatic rings. The smallest absolute Gasteiger partial charge is 0.255 e. The molecular formula is C22H27BrN4O3. The number of amides is 2. The lowest BCUT2D eigenvalue weighted by molar-refractivity contribution is 0.0383. The van der Waals surface area contributed by atoms with Crippen molar-refractivity contribution in [3.05, 3.63) is 58.1 Å². The molecule has 3 rings (SSSR count). The van der Waals surface area contributed by atoms with Crippen molar-refractivity contribution in [3.63, 3.8) is 0 Å². The zero-order valence-electron chi connectivity index (χ0n) is 17.3. The summed E-state index contributed by atoms with van der Waals surface area (Å²) in [6, 6.07) is 12.5. The van der Waals surface area contributed by atoms with Gasteiger partial charge in [-0.15, -0.1) is 0 Å². The van der Waals surface area contributed by atoms with Crippen LogP contribution in [0, 0.1) is 0 Å². The molecule has 160 valence electrons. The summed E-state index contributed by atoms with van der Waals surface area (Å²) in [4.78, 5) is 29.5. The predicted molar refractivity (Wildman–Crippen MR) is 122 cm³/mol. The van der Waals surface area contributed by atoms with Crippen LogP contribution in [0.15, 0.2) is 46.9 Å². The van der Waals surface area contributed by atoms with Crippen molar-refractivity contribution >= 4 is 39.1 Å². The van der Waals surface area contributed by atoms with Gasteiger partial charge in [0.2, 0.25) is 0 Å². The third-order valence-corrected chi connectivity index (χ3v) is 5.43. The van der Waals surface area contributed by atoms with E-state index >= 15 is 0 Å². The van der Waals surface area contributed by atoms with Crippen molar-refractivity contribution in [2.75, 3.05) is 63.7 Å². The summed E-state index contributed by atoms with van der Waals surface area (Å²) in [5.41, 5.74) is 2.44. The molecule has 1 aliphatic rings. The number of nitrogens with one attached hydrogen (secondary N) is 2. The van der Waals surface area contributed by atoms with E-state index in [1.54, 1.807) is 24.3 Å². The molecular weight excluding hydrogens is 448 g/mol. The number of halogens is 1. The van der Waals surface area contributed by atoms with Gasteiger partial charge in [0.15, 0.2) is 0 Å². The third-order valence-electron chi connectivity index (χ3n) is 4.90. The largest absolute Gasteiger partial charge is 0.379 e. The molecule has 0 atom stereocenters. The monoisotopic (exact) mass is 474 g/mol. The van der Waals surface area contributed by atoms with Gasteiger partial charge in [0.25, 0.3) is 11.8 Å². The van der Waals surface area contributed by atoms with E-state index in [0.717, 1.165) is 43.0 Å². The second-order valence-electron chi connectivity index (χ2n) is 7.30. The summed E-state index contributed by atoms with van der Waals surface area (Å²) < 4.78 is 6.26. The third kappa shape index (κ3) is 6.04. The Kier molecular flexibility index (Phi) is 7.84. The fourth-order valence-electron chi connectivity index (χ4n) is 3.24. The SMILES string of the molecule is CN(C)c1ccc(NC(=O)c2ccc(Br)cc2)cc1C(=O)NCCN1CCOCC1. The van der Waals surface area contributed by atoms with Gasteiger partial charge < -0.3 is 20.3 Å². The number of anilines is 2. The second-order valence-corrected chi connectivity index (χ2v) is 8.21. The van der Waals surface area contributed by atoms with E-state index in [1.165, 1.54) is 0 Å². The molecule has 1 aliphatic heterocycles. The van der Waals surface area contributed by atoms with Crippen molar-refractivity contribution in [2.45, 2.75) is 0 Å². The number of nitrogens with zero attached hydrogens (tertiary/aromatic N) is 2. The van der Waals surface area contributed by atoms with Crippen LogP contribution in [-0.4, -0.2) is 70.2 Å². The maximum absolute atomic E-state index is 12.9. The van der Waals surface area contributed by atoms with Crippen molar-refractivity contribution in [1.82, 2.24) is 10.2 Å². The van der Waals surface area contributed by atoms with Crippen LogP contribution in [0.25, 0.3) is 0 Å². The standard InChI is InChI=1S/C22H27BrN4O3/c1-26(2)20-8-7-18(25-21(28)16-3-5-17(23)6-4-16)15-19(20)22(29)24-9-10-27-11-13-30-14-12-27/h3-8,15H,9-14H2,1-2H3,(H,24,29)(H,25,28). The first-order valence-corrected chi connectivity index (χ1v) is 10.7. The molecule has 0 saturated carbocycles. The quantitative estimate of drug-likeness (QED) is 0.645. The summed E-state index contributed by atoms with van der Waals surface area (Å²) in [7, 11) is 3.78. The van der Waals surface area contributed by atoms with Gasteiger partial charge in [0, 0.05) is 61.7 Å². The average Bonchev–Trinajstić information content (AvgIpc) is 2.74. The Balaban J connectivity index is 1.67. The maximum atomic E-state index is 12.9. The molecule has 0 spiro atoms. The lowest BCUT2D eigenvalue weighted by Crippen LogP contribution is -2.41. The number of carbonyl (C=O) groups excluding carboxylic acids is 2. The lowest BCUT2D eigenvalue weighted by atomic mass is 10.1. The molecule has 1 fully saturated rings. The molecule has 8 heteroatoms. The summed E-state index contributed by atoms with van der Waals surface area (Å²) in [6.07, 6.45) is 0. The molecule has 0 unspecified atom stereocenters. The first-order chi connectivity index (χ1) is 14.4.